The summed E-state index contributed by atoms with van der Waals surface area (Å²) in [6.07, 6.45) is -0.875. The minimum Gasteiger partial charge on any atom is -0.454 e. The van der Waals surface area contributed by atoms with Gasteiger partial charge in [0.1, 0.15) is 6.04 Å². The van der Waals surface area contributed by atoms with Gasteiger partial charge in [0.25, 0.3) is 0 Å². The number of carbonyl (C=O) groups excluding carboxylic acids is 1. The molecule has 0 spiro atoms. The summed E-state index contributed by atoms with van der Waals surface area (Å²) in [5.41, 5.74) is 0.214. The molecule has 1 amide bonds. The third-order valence-electron chi connectivity index (χ3n) is 2.88. The van der Waals surface area contributed by atoms with Gasteiger partial charge in [-0.05, 0) is 17.7 Å². The largest absolute Gasteiger partial charge is 0.454 e. The standard InChI is InChI=1S/C11H8BrF2NO4/c12-6-2-8-7(18-4-19-8)1-5(6)9-11(13,14)3-17-10(16)15-9/h1-2,9H,3-4H2,(H,15,16)/t9-/m0/s1. The number of amides is 1. The van der Waals surface area contributed by atoms with Crippen LogP contribution >= 0.6 is 15.9 Å². The second-order valence-corrected chi connectivity index (χ2v) is 5.00. The van der Waals surface area contributed by atoms with E-state index in [0.29, 0.717) is 16.0 Å². The fourth-order valence-electron chi connectivity index (χ4n) is 1.97. The van der Waals surface area contributed by atoms with Gasteiger partial charge in [0.05, 0.1) is 0 Å². The van der Waals surface area contributed by atoms with Gasteiger partial charge in [0, 0.05) is 4.47 Å². The first-order valence-corrected chi connectivity index (χ1v) is 6.17. The molecule has 2 heterocycles. The number of fused-ring (bicyclic) bond motifs is 1. The molecule has 0 bridgehead atoms. The maximum absolute atomic E-state index is 13.8. The van der Waals surface area contributed by atoms with Crippen LogP contribution in [0.2, 0.25) is 0 Å². The number of alkyl halides is 2. The van der Waals surface area contributed by atoms with Gasteiger partial charge in [0.2, 0.25) is 6.79 Å². The molecule has 8 heteroatoms. The Kier molecular flexibility index (Phi) is 2.77. The van der Waals surface area contributed by atoms with Gasteiger partial charge in [-0.15, -0.1) is 0 Å². The lowest BCUT2D eigenvalue weighted by atomic mass is 9.99. The number of hydrogen-bond donors (Lipinski definition) is 1. The molecular weight excluding hydrogens is 328 g/mol. The molecule has 1 N–H and O–H groups in total. The highest BCUT2D eigenvalue weighted by Crippen LogP contribution is 2.43. The average molecular weight is 336 g/mol. The first-order chi connectivity index (χ1) is 8.97. The van der Waals surface area contributed by atoms with Crippen molar-refractivity contribution < 1.29 is 27.8 Å². The summed E-state index contributed by atoms with van der Waals surface area (Å²) in [6.45, 7) is -0.911. The van der Waals surface area contributed by atoms with E-state index < -0.39 is 24.7 Å². The van der Waals surface area contributed by atoms with Crippen molar-refractivity contribution in [3.63, 3.8) is 0 Å². The lowest BCUT2D eigenvalue weighted by molar-refractivity contribution is -0.104. The molecule has 1 atom stereocenters. The monoisotopic (exact) mass is 335 g/mol. The number of rotatable bonds is 1. The first-order valence-electron chi connectivity index (χ1n) is 5.37. The van der Waals surface area contributed by atoms with Crippen LogP contribution in [0.4, 0.5) is 13.6 Å². The Labute approximate surface area is 114 Å². The van der Waals surface area contributed by atoms with Gasteiger partial charge in [-0.25, -0.2) is 13.6 Å². The molecule has 19 heavy (non-hydrogen) atoms. The average Bonchev–Trinajstić information content (AvgIpc) is 2.78. The molecule has 1 fully saturated rings. The number of ether oxygens (including phenoxy) is 3. The van der Waals surface area contributed by atoms with Crippen LogP contribution in [0, 0.1) is 0 Å². The third kappa shape index (κ3) is 2.09. The third-order valence-corrected chi connectivity index (χ3v) is 3.57. The molecule has 1 saturated heterocycles. The summed E-state index contributed by atoms with van der Waals surface area (Å²) in [6, 6.07) is 1.49. The molecule has 2 aliphatic rings. The molecule has 0 radical (unpaired) electrons. The van der Waals surface area contributed by atoms with E-state index in [-0.39, 0.29) is 12.4 Å². The van der Waals surface area contributed by atoms with E-state index in [1.807, 2.05) is 0 Å². The number of hydrogen-bond acceptors (Lipinski definition) is 4. The minimum absolute atomic E-state index is 0.0434. The van der Waals surface area contributed by atoms with Crippen molar-refractivity contribution in [2.45, 2.75) is 12.0 Å². The Bertz CT molecular complexity index is 552. The molecule has 102 valence electrons. The Morgan fingerprint density at radius 1 is 1.26 bits per heavy atom. The van der Waals surface area contributed by atoms with Gasteiger partial charge in [-0.3, -0.25) is 0 Å². The van der Waals surface area contributed by atoms with Crippen molar-refractivity contribution in [3.8, 4) is 11.5 Å². The maximum atomic E-state index is 13.8. The highest BCUT2D eigenvalue weighted by Gasteiger charge is 2.47. The van der Waals surface area contributed by atoms with Gasteiger partial charge in [-0.2, -0.15) is 0 Å². The number of carbonyl (C=O) groups is 1. The maximum Gasteiger partial charge on any atom is 0.408 e. The minimum atomic E-state index is -3.20. The lowest BCUT2D eigenvalue weighted by Gasteiger charge is -2.32. The number of nitrogens with one attached hydrogen (secondary N) is 1. The molecule has 0 aliphatic carbocycles. The molecule has 3 rings (SSSR count). The SMILES string of the molecule is O=C1N[C@@H](c2cc3c(cc2Br)OCO3)C(F)(F)CO1. The molecular formula is C11H8BrF2NO4. The Morgan fingerprint density at radius 2 is 1.95 bits per heavy atom. The molecule has 0 unspecified atom stereocenters. The Hall–Kier alpha value is -1.57. The zero-order chi connectivity index (χ0) is 13.6. The van der Waals surface area contributed by atoms with Crippen LogP contribution < -0.4 is 14.8 Å². The summed E-state index contributed by atoms with van der Waals surface area (Å²) in [5.74, 6) is -2.36. The molecule has 0 aromatic heterocycles. The summed E-state index contributed by atoms with van der Waals surface area (Å²) < 4.78 is 42.7. The first kappa shape index (κ1) is 12.5. The molecule has 2 aliphatic heterocycles. The number of cyclic esters (lactones) is 1. The summed E-state index contributed by atoms with van der Waals surface area (Å²) >= 11 is 3.20. The fourth-order valence-corrected chi connectivity index (χ4v) is 2.52. The molecule has 1 aromatic rings. The predicted octanol–water partition coefficient (Wildman–Crippen LogP) is 2.59. The van der Waals surface area contributed by atoms with Gasteiger partial charge >= 0.3 is 12.0 Å². The van der Waals surface area contributed by atoms with Gasteiger partial charge < -0.3 is 19.5 Å². The molecule has 5 nitrogen and oxygen atoms in total. The summed E-state index contributed by atoms with van der Waals surface area (Å²) in [5, 5.41) is 2.12. The van der Waals surface area contributed by atoms with Crippen molar-refractivity contribution >= 4 is 22.0 Å². The number of halogens is 3. The van der Waals surface area contributed by atoms with Crippen LogP contribution in [-0.2, 0) is 4.74 Å². The van der Waals surface area contributed by atoms with Crippen molar-refractivity contribution in [2.75, 3.05) is 13.4 Å². The van der Waals surface area contributed by atoms with E-state index in [4.69, 9.17) is 9.47 Å². The molecule has 0 saturated carbocycles. The quantitative estimate of drug-likeness (QED) is 0.857. The van der Waals surface area contributed by atoms with Crippen molar-refractivity contribution in [3.05, 3.63) is 22.2 Å². The van der Waals surface area contributed by atoms with Gasteiger partial charge in [0.15, 0.2) is 18.1 Å². The van der Waals surface area contributed by atoms with Gasteiger partial charge in [-0.1, -0.05) is 15.9 Å². The number of alkyl carbamates (subject to hydrolysis) is 1. The topological polar surface area (TPSA) is 56.8 Å². The smallest absolute Gasteiger partial charge is 0.408 e. The number of benzene rings is 1. The van der Waals surface area contributed by atoms with Crippen LogP contribution in [-0.4, -0.2) is 25.4 Å². The van der Waals surface area contributed by atoms with E-state index in [2.05, 4.69) is 26.0 Å². The van der Waals surface area contributed by atoms with Crippen LogP contribution in [0.3, 0.4) is 0 Å². The van der Waals surface area contributed by atoms with Crippen LogP contribution in [0.1, 0.15) is 11.6 Å². The van der Waals surface area contributed by atoms with Crippen molar-refractivity contribution in [1.29, 1.82) is 0 Å². The Balaban J connectivity index is 2.03. The molecule has 1 aromatic carbocycles. The Morgan fingerprint density at radius 3 is 2.68 bits per heavy atom. The van der Waals surface area contributed by atoms with E-state index in [1.165, 1.54) is 12.1 Å². The fraction of sp³-hybridized carbons (Fsp3) is 0.364. The highest BCUT2D eigenvalue weighted by atomic mass is 79.9. The summed E-state index contributed by atoms with van der Waals surface area (Å²) in [4.78, 5) is 11.1. The van der Waals surface area contributed by atoms with E-state index in [1.54, 1.807) is 0 Å². The lowest BCUT2D eigenvalue weighted by Crippen LogP contribution is -2.49. The highest BCUT2D eigenvalue weighted by molar-refractivity contribution is 9.10. The normalized spacial score (nSPS) is 23.7. The zero-order valence-electron chi connectivity index (χ0n) is 9.41. The predicted molar refractivity (Wildman–Crippen MR) is 62.4 cm³/mol. The van der Waals surface area contributed by atoms with Crippen LogP contribution in [0.15, 0.2) is 16.6 Å². The van der Waals surface area contributed by atoms with E-state index in [0.717, 1.165) is 0 Å². The van der Waals surface area contributed by atoms with E-state index in [9.17, 15) is 13.6 Å². The van der Waals surface area contributed by atoms with Crippen LogP contribution in [0.5, 0.6) is 11.5 Å². The second kappa shape index (κ2) is 4.22. The zero-order valence-corrected chi connectivity index (χ0v) is 11.0. The summed E-state index contributed by atoms with van der Waals surface area (Å²) in [7, 11) is 0. The van der Waals surface area contributed by atoms with E-state index >= 15 is 0 Å². The second-order valence-electron chi connectivity index (χ2n) is 4.14. The van der Waals surface area contributed by atoms with Crippen molar-refractivity contribution in [2.24, 2.45) is 0 Å². The van der Waals surface area contributed by atoms with Crippen molar-refractivity contribution in [1.82, 2.24) is 5.32 Å². The van der Waals surface area contributed by atoms with Crippen LogP contribution in [0.25, 0.3) is 0 Å².